The number of anilines is 1. The van der Waals surface area contributed by atoms with Crippen LogP contribution in [0.5, 0.6) is 0 Å². The Kier molecular flexibility index (Phi) is 7.15. The number of carbonyl (C=O) groups excluding carboxylic acids is 1. The van der Waals surface area contributed by atoms with Crippen molar-refractivity contribution in [2.24, 2.45) is 0 Å². The van der Waals surface area contributed by atoms with Gasteiger partial charge in [-0.2, -0.15) is 24.9 Å². The third kappa shape index (κ3) is 5.35. The number of nitrogens with one attached hydrogen (secondary N) is 1. The average molecular weight is 416 g/mol. The first kappa shape index (κ1) is 21.3. The first-order valence-corrected chi connectivity index (χ1v) is 11.1. The van der Waals surface area contributed by atoms with Gasteiger partial charge in [0.05, 0.1) is 5.56 Å². The van der Waals surface area contributed by atoms with Crippen LogP contribution in [0.3, 0.4) is 0 Å². The Labute approximate surface area is 168 Å². The molecule has 2 fully saturated rings. The van der Waals surface area contributed by atoms with E-state index in [2.05, 4.69) is 17.1 Å². The molecule has 0 aliphatic carbocycles. The van der Waals surface area contributed by atoms with Crippen LogP contribution in [-0.4, -0.2) is 59.1 Å². The topological polar surface area (TPSA) is 35.6 Å². The van der Waals surface area contributed by atoms with E-state index in [4.69, 9.17) is 0 Å². The lowest BCUT2D eigenvalue weighted by molar-refractivity contribution is -0.137. The molecule has 0 radical (unpaired) electrons. The second-order valence-electron chi connectivity index (χ2n) is 7.42. The maximum absolute atomic E-state index is 12.6. The number of carbonyl (C=O) groups is 1. The van der Waals surface area contributed by atoms with Crippen molar-refractivity contribution in [3.8, 4) is 0 Å². The third-order valence-corrected chi connectivity index (χ3v) is 6.65. The lowest BCUT2D eigenvalue weighted by atomic mass is 10.0. The van der Waals surface area contributed by atoms with Crippen LogP contribution >= 0.6 is 11.8 Å². The van der Waals surface area contributed by atoms with Gasteiger partial charge in [0.25, 0.3) is 0 Å². The van der Waals surface area contributed by atoms with E-state index in [0.29, 0.717) is 30.9 Å². The van der Waals surface area contributed by atoms with E-state index >= 15 is 0 Å². The minimum Gasteiger partial charge on any atom is -0.324 e. The molecule has 0 saturated carbocycles. The highest BCUT2D eigenvalue weighted by Crippen LogP contribution is 2.30. The summed E-state index contributed by atoms with van der Waals surface area (Å²) in [5, 5.41) is 2.71. The van der Waals surface area contributed by atoms with Gasteiger partial charge in [-0.05, 0) is 62.2 Å². The van der Waals surface area contributed by atoms with Crippen LogP contribution in [0.15, 0.2) is 24.3 Å². The second-order valence-corrected chi connectivity index (χ2v) is 8.74. The number of nitrogens with zero attached hydrogens (tertiary/aromatic N) is 2. The number of likely N-dealkylation sites (tertiary alicyclic amines) is 2. The number of hydrogen-bond donors (Lipinski definition) is 1. The summed E-state index contributed by atoms with van der Waals surface area (Å²) in [6.07, 6.45) is 0.0557. The van der Waals surface area contributed by atoms with Crippen molar-refractivity contribution in [3.05, 3.63) is 29.8 Å². The average Bonchev–Trinajstić information content (AvgIpc) is 3.14. The summed E-state index contributed by atoms with van der Waals surface area (Å²) >= 11 is 2.00. The number of rotatable bonds is 5. The lowest BCUT2D eigenvalue weighted by Crippen LogP contribution is -2.49. The van der Waals surface area contributed by atoms with Gasteiger partial charge in [-0.1, -0.05) is 6.92 Å². The van der Waals surface area contributed by atoms with Gasteiger partial charge in [-0.15, -0.1) is 0 Å². The van der Waals surface area contributed by atoms with Gasteiger partial charge in [0.1, 0.15) is 0 Å². The van der Waals surface area contributed by atoms with Crippen molar-refractivity contribution in [1.82, 2.24) is 9.80 Å². The monoisotopic (exact) mass is 415 g/mol. The second kappa shape index (κ2) is 9.39. The Bertz CT molecular complexity index is 645. The van der Waals surface area contributed by atoms with Gasteiger partial charge in [0, 0.05) is 36.6 Å². The molecule has 156 valence electrons. The highest BCUT2D eigenvalue weighted by molar-refractivity contribution is 7.99. The number of alkyl halides is 3. The molecule has 1 aromatic carbocycles. The zero-order valence-corrected chi connectivity index (χ0v) is 17.0. The smallest absolute Gasteiger partial charge is 0.324 e. The van der Waals surface area contributed by atoms with Crippen molar-refractivity contribution in [3.63, 3.8) is 0 Å². The third-order valence-electron chi connectivity index (χ3n) is 5.62. The van der Waals surface area contributed by atoms with Gasteiger partial charge in [0.2, 0.25) is 0 Å². The molecule has 2 heterocycles. The van der Waals surface area contributed by atoms with Crippen molar-refractivity contribution in [2.45, 2.75) is 50.9 Å². The van der Waals surface area contributed by atoms with Crippen LogP contribution in [0.1, 0.15) is 38.2 Å². The fraction of sp³-hybridized carbons (Fsp3) is 0.650. The van der Waals surface area contributed by atoms with Crippen LogP contribution < -0.4 is 5.32 Å². The number of amides is 2. The van der Waals surface area contributed by atoms with E-state index in [0.717, 1.165) is 37.3 Å². The highest BCUT2D eigenvalue weighted by Gasteiger charge is 2.34. The molecule has 1 atom stereocenters. The lowest BCUT2D eigenvalue weighted by Gasteiger charge is -2.39. The molecule has 2 saturated heterocycles. The predicted molar refractivity (Wildman–Crippen MR) is 108 cm³/mol. The number of halogens is 3. The summed E-state index contributed by atoms with van der Waals surface area (Å²) in [5.41, 5.74) is -0.330. The summed E-state index contributed by atoms with van der Waals surface area (Å²) in [6, 6.07) is 5.52. The minimum absolute atomic E-state index is 0.238. The number of urea groups is 1. The first-order chi connectivity index (χ1) is 13.4. The Morgan fingerprint density at radius 1 is 1.14 bits per heavy atom. The molecule has 1 aromatic rings. The summed E-state index contributed by atoms with van der Waals surface area (Å²) in [6.45, 7) is 4.71. The van der Waals surface area contributed by atoms with Gasteiger partial charge in [-0.3, -0.25) is 4.90 Å². The van der Waals surface area contributed by atoms with Crippen molar-refractivity contribution >= 4 is 23.5 Å². The normalized spacial score (nSPS) is 21.9. The molecule has 2 amide bonds. The van der Waals surface area contributed by atoms with E-state index in [1.54, 1.807) is 4.90 Å². The molecule has 1 N–H and O–H groups in total. The van der Waals surface area contributed by atoms with Crippen LogP contribution in [0.2, 0.25) is 0 Å². The number of piperidine rings is 1. The largest absolute Gasteiger partial charge is 0.416 e. The van der Waals surface area contributed by atoms with Crippen LogP contribution in [-0.2, 0) is 6.18 Å². The molecule has 1 unspecified atom stereocenters. The minimum atomic E-state index is -4.37. The van der Waals surface area contributed by atoms with Gasteiger partial charge >= 0.3 is 12.2 Å². The zero-order valence-electron chi connectivity index (χ0n) is 16.2. The molecule has 8 heteroatoms. The molecule has 3 rings (SSSR count). The number of benzene rings is 1. The molecule has 2 aliphatic rings. The fourth-order valence-corrected chi connectivity index (χ4v) is 4.98. The molecule has 2 aliphatic heterocycles. The summed E-state index contributed by atoms with van der Waals surface area (Å²) < 4.78 is 37.9. The van der Waals surface area contributed by atoms with E-state index < -0.39 is 11.7 Å². The maximum Gasteiger partial charge on any atom is 0.416 e. The molecular formula is C20H28F3N3OS. The standard InChI is InChI=1S/C20H28F3N3OS/c1-2-28-14-18-4-3-11-26(18)17-9-12-25(13-10-17)19(27)24-16-7-5-15(6-8-16)20(21,22)23/h5-8,17-18H,2-4,9-14H2,1H3,(H,24,27). The Morgan fingerprint density at radius 3 is 2.43 bits per heavy atom. The SMILES string of the molecule is CCSCC1CCCN1C1CCN(C(=O)Nc2ccc(C(F)(F)F)cc2)CC1. The number of hydrogen-bond acceptors (Lipinski definition) is 3. The molecule has 0 bridgehead atoms. The van der Waals surface area contributed by atoms with Gasteiger partial charge in [0.15, 0.2) is 0 Å². The number of thioether (sulfide) groups is 1. The predicted octanol–water partition coefficient (Wildman–Crippen LogP) is 4.92. The summed E-state index contributed by atoms with van der Waals surface area (Å²) in [4.78, 5) is 16.9. The molecule has 0 aromatic heterocycles. The molecule has 28 heavy (non-hydrogen) atoms. The molecule has 4 nitrogen and oxygen atoms in total. The fourth-order valence-electron chi connectivity index (χ4n) is 4.12. The van der Waals surface area contributed by atoms with Crippen LogP contribution in [0, 0.1) is 0 Å². The first-order valence-electron chi connectivity index (χ1n) is 9.95. The molecular weight excluding hydrogens is 387 g/mol. The zero-order chi connectivity index (χ0) is 20.1. The van der Waals surface area contributed by atoms with E-state index in [-0.39, 0.29) is 6.03 Å². The van der Waals surface area contributed by atoms with Gasteiger partial charge in [-0.25, -0.2) is 4.79 Å². The van der Waals surface area contributed by atoms with Gasteiger partial charge < -0.3 is 10.2 Å². The maximum atomic E-state index is 12.6. The summed E-state index contributed by atoms with van der Waals surface area (Å²) in [5.74, 6) is 2.33. The Balaban J connectivity index is 1.48. The summed E-state index contributed by atoms with van der Waals surface area (Å²) in [7, 11) is 0. The van der Waals surface area contributed by atoms with E-state index in [1.165, 1.54) is 30.7 Å². The van der Waals surface area contributed by atoms with E-state index in [1.807, 2.05) is 11.8 Å². The Morgan fingerprint density at radius 2 is 1.82 bits per heavy atom. The van der Waals surface area contributed by atoms with Crippen molar-refractivity contribution < 1.29 is 18.0 Å². The van der Waals surface area contributed by atoms with Crippen LogP contribution in [0.25, 0.3) is 0 Å². The quantitative estimate of drug-likeness (QED) is 0.742. The Hall–Kier alpha value is -1.41. The van der Waals surface area contributed by atoms with Crippen molar-refractivity contribution in [1.29, 1.82) is 0 Å². The van der Waals surface area contributed by atoms with Crippen LogP contribution in [0.4, 0.5) is 23.7 Å². The van der Waals surface area contributed by atoms with E-state index in [9.17, 15) is 18.0 Å². The molecule has 0 spiro atoms. The van der Waals surface area contributed by atoms with Crippen molar-refractivity contribution in [2.75, 3.05) is 36.5 Å². The highest BCUT2D eigenvalue weighted by atomic mass is 32.2.